The molecule has 0 radical (unpaired) electrons. The first-order chi connectivity index (χ1) is 27.9. The lowest BCUT2D eigenvalue weighted by molar-refractivity contribution is 0.666. The van der Waals surface area contributed by atoms with Crippen molar-refractivity contribution >= 4 is 43.7 Å². The molecule has 0 saturated carbocycles. The van der Waals surface area contributed by atoms with Crippen molar-refractivity contribution in [2.24, 2.45) is 10.7 Å². The molecule has 0 aromatic heterocycles. The number of hydrogen-bond acceptors (Lipinski definition) is 2. The second-order valence-corrected chi connectivity index (χ2v) is 15.7. The third-order valence-corrected chi connectivity index (χ3v) is 11.9. The van der Waals surface area contributed by atoms with E-state index < -0.39 is 0 Å². The summed E-state index contributed by atoms with van der Waals surface area (Å²) < 4.78 is 0. The molecule has 0 spiro atoms. The molecule has 57 heavy (non-hydrogen) atoms. The number of allylic oxidation sites excluding steroid dienone is 1. The first-order valence-electron chi connectivity index (χ1n) is 19.8. The zero-order valence-electron chi connectivity index (χ0n) is 32.2. The van der Waals surface area contributed by atoms with Crippen molar-refractivity contribution in [3.63, 3.8) is 0 Å². The maximum Gasteiger partial charge on any atom is 0.0677 e. The standard InChI is InChI=1S/C55H42N2/c1-55(2)51-32-28-41(33-50(51)49-29-27-39-16-7-9-19-44(39)54(49)55)37-23-25-40(26-24-37)43-30-31-47(46-21-11-10-20-45(43)46)52(56)34-53(57-35-36-13-4-3-5-14-36)48-22-12-17-38-15-6-8-18-42(38)48/h3-34H,35,56H2,1-2H3/b52-34-,57-53?. The zero-order valence-corrected chi connectivity index (χ0v) is 32.2. The van der Waals surface area contributed by atoms with Crippen LogP contribution in [0.2, 0.25) is 0 Å². The SMILES string of the molecule is CC1(C)c2ccc(-c3ccc(-c4ccc(/C(N)=C/C(=NCc5ccccc5)c5cccc6ccccc56)c5ccccc45)cc3)cc2-c2ccc3ccccc3c21. The normalized spacial score (nSPS) is 13.6. The van der Waals surface area contributed by atoms with Gasteiger partial charge in [-0.1, -0.05) is 196 Å². The van der Waals surface area contributed by atoms with E-state index in [1.807, 2.05) is 6.07 Å². The Balaban J connectivity index is 1.00. The van der Waals surface area contributed by atoms with E-state index in [1.54, 1.807) is 0 Å². The van der Waals surface area contributed by atoms with Crippen molar-refractivity contribution in [1.82, 2.24) is 0 Å². The van der Waals surface area contributed by atoms with E-state index in [1.165, 1.54) is 60.7 Å². The van der Waals surface area contributed by atoms with Gasteiger partial charge in [-0.3, -0.25) is 4.99 Å². The minimum Gasteiger partial charge on any atom is -0.398 e. The number of nitrogens with zero attached hydrogens (tertiary/aromatic N) is 1. The number of nitrogens with two attached hydrogens (primary N) is 1. The predicted molar refractivity (Wildman–Crippen MR) is 243 cm³/mol. The minimum absolute atomic E-state index is 0.0633. The molecule has 0 aliphatic heterocycles. The molecule has 0 unspecified atom stereocenters. The van der Waals surface area contributed by atoms with Crippen LogP contribution in [-0.2, 0) is 12.0 Å². The number of fused-ring (bicyclic) bond motifs is 7. The highest BCUT2D eigenvalue weighted by Gasteiger charge is 2.36. The minimum atomic E-state index is -0.0633. The fraction of sp³-hybridized carbons (Fsp3) is 0.0727. The van der Waals surface area contributed by atoms with Crippen LogP contribution in [0.3, 0.4) is 0 Å². The maximum absolute atomic E-state index is 7.08. The second-order valence-electron chi connectivity index (χ2n) is 15.7. The molecule has 0 amide bonds. The summed E-state index contributed by atoms with van der Waals surface area (Å²) in [6.07, 6.45) is 2.06. The summed E-state index contributed by atoms with van der Waals surface area (Å²) in [5, 5.41) is 7.25. The van der Waals surface area contributed by atoms with Crippen LogP contribution in [0, 0.1) is 0 Å². The Bertz CT molecular complexity index is 3050. The average Bonchev–Trinajstić information content (AvgIpc) is 3.50. The maximum atomic E-state index is 7.08. The van der Waals surface area contributed by atoms with E-state index in [0.717, 1.165) is 38.6 Å². The molecule has 9 aromatic rings. The molecule has 9 aromatic carbocycles. The molecule has 10 rings (SSSR count). The highest BCUT2D eigenvalue weighted by atomic mass is 14.7. The lowest BCUT2D eigenvalue weighted by atomic mass is 9.80. The summed E-state index contributed by atoms with van der Waals surface area (Å²) in [6.45, 7) is 5.29. The van der Waals surface area contributed by atoms with Gasteiger partial charge in [0.05, 0.1) is 12.3 Å². The summed E-state index contributed by atoms with van der Waals surface area (Å²) in [4.78, 5) is 5.17. The average molecular weight is 731 g/mol. The smallest absolute Gasteiger partial charge is 0.0677 e. The van der Waals surface area contributed by atoms with E-state index in [0.29, 0.717) is 12.2 Å². The molecule has 0 fully saturated rings. The van der Waals surface area contributed by atoms with E-state index in [2.05, 4.69) is 202 Å². The Kier molecular flexibility index (Phi) is 8.42. The largest absolute Gasteiger partial charge is 0.398 e. The van der Waals surface area contributed by atoms with Crippen LogP contribution in [0.4, 0.5) is 0 Å². The lowest BCUT2D eigenvalue weighted by Gasteiger charge is -2.23. The third kappa shape index (κ3) is 6.02. The number of rotatable bonds is 7. The monoisotopic (exact) mass is 730 g/mol. The Morgan fingerprint density at radius 3 is 1.89 bits per heavy atom. The van der Waals surface area contributed by atoms with Crippen molar-refractivity contribution in [2.45, 2.75) is 25.8 Å². The number of benzene rings is 9. The van der Waals surface area contributed by atoms with Gasteiger partial charge in [0.15, 0.2) is 0 Å². The highest BCUT2D eigenvalue weighted by molar-refractivity contribution is 6.19. The van der Waals surface area contributed by atoms with Crippen molar-refractivity contribution < 1.29 is 0 Å². The van der Waals surface area contributed by atoms with Crippen LogP contribution >= 0.6 is 0 Å². The van der Waals surface area contributed by atoms with Crippen LogP contribution in [0.5, 0.6) is 0 Å². The fourth-order valence-electron chi connectivity index (χ4n) is 9.08. The number of aliphatic imine (C=N–C) groups is 1. The molecule has 0 heterocycles. The fourth-order valence-corrected chi connectivity index (χ4v) is 9.08. The molecule has 272 valence electrons. The third-order valence-electron chi connectivity index (χ3n) is 11.9. The van der Waals surface area contributed by atoms with Crippen LogP contribution in [0.15, 0.2) is 199 Å². The van der Waals surface area contributed by atoms with Crippen molar-refractivity contribution in [3.05, 3.63) is 222 Å². The first kappa shape index (κ1) is 34.5. The molecule has 2 heteroatoms. The first-order valence-corrected chi connectivity index (χ1v) is 19.8. The van der Waals surface area contributed by atoms with Gasteiger partial charge in [-0.15, -0.1) is 0 Å². The van der Waals surface area contributed by atoms with E-state index in [-0.39, 0.29) is 5.41 Å². The Morgan fingerprint density at radius 2 is 1.11 bits per heavy atom. The zero-order chi connectivity index (χ0) is 38.5. The van der Waals surface area contributed by atoms with Gasteiger partial charge in [0.25, 0.3) is 0 Å². The van der Waals surface area contributed by atoms with Gasteiger partial charge in [-0.2, -0.15) is 0 Å². The van der Waals surface area contributed by atoms with Crippen molar-refractivity contribution in [1.29, 1.82) is 0 Å². The Hall–Kier alpha value is -7.03. The molecule has 0 bridgehead atoms. The van der Waals surface area contributed by atoms with Gasteiger partial charge < -0.3 is 5.73 Å². The van der Waals surface area contributed by atoms with Gasteiger partial charge in [0.1, 0.15) is 0 Å². The van der Waals surface area contributed by atoms with Gasteiger partial charge in [0, 0.05) is 22.2 Å². The van der Waals surface area contributed by atoms with Crippen LogP contribution in [0.25, 0.3) is 71.4 Å². The van der Waals surface area contributed by atoms with Crippen molar-refractivity contribution in [2.75, 3.05) is 0 Å². The summed E-state index contributed by atoms with van der Waals surface area (Å²) in [5.41, 5.74) is 22.1. The Labute approximate surface area is 334 Å². The van der Waals surface area contributed by atoms with Gasteiger partial charge in [-0.05, 0) is 94.5 Å². The number of hydrogen-bond donors (Lipinski definition) is 1. The van der Waals surface area contributed by atoms with Crippen molar-refractivity contribution in [3.8, 4) is 33.4 Å². The summed E-state index contributed by atoms with van der Waals surface area (Å²) in [5.74, 6) is 0. The topological polar surface area (TPSA) is 38.4 Å². The van der Waals surface area contributed by atoms with Gasteiger partial charge in [-0.25, -0.2) is 0 Å². The van der Waals surface area contributed by atoms with Crippen LogP contribution < -0.4 is 5.73 Å². The molecular weight excluding hydrogens is 689 g/mol. The van der Waals surface area contributed by atoms with E-state index in [4.69, 9.17) is 10.7 Å². The molecule has 1 aliphatic carbocycles. The molecule has 1 aliphatic rings. The van der Waals surface area contributed by atoms with E-state index in [9.17, 15) is 0 Å². The lowest BCUT2D eigenvalue weighted by Crippen LogP contribution is -2.15. The van der Waals surface area contributed by atoms with Gasteiger partial charge >= 0.3 is 0 Å². The molecule has 0 atom stereocenters. The Morgan fingerprint density at radius 1 is 0.491 bits per heavy atom. The molecule has 0 saturated heterocycles. The summed E-state index contributed by atoms with van der Waals surface area (Å²) in [6, 6.07) is 67.6. The summed E-state index contributed by atoms with van der Waals surface area (Å²) >= 11 is 0. The predicted octanol–water partition coefficient (Wildman–Crippen LogP) is 13.8. The molecule has 2 N–H and O–H groups in total. The quantitative estimate of drug-likeness (QED) is 0.163. The molecular formula is C55H42N2. The van der Waals surface area contributed by atoms with Gasteiger partial charge in [0.2, 0.25) is 0 Å². The molecule has 2 nitrogen and oxygen atoms in total. The summed E-state index contributed by atoms with van der Waals surface area (Å²) in [7, 11) is 0. The highest BCUT2D eigenvalue weighted by Crippen LogP contribution is 2.52. The van der Waals surface area contributed by atoms with E-state index >= 15 is 0 Å². The second kappa shape index (κ2) is 13.9. The van der Waals surface area contributed by atoms with Crippen LogP contribution in [0.1, 0.15) is 41.7 Å². The van der Waals surface area contributed by atoms with Crippen LogP contribution in [-0.4, -0.2) is 5.71 Å².